The van der Waals surface area contributed by atoms with Gasteiger partial charge in [-0.25, -0.2) is 0 Å². The van der Waals surface area contributed by atoms with Crippen molar-refractivity contribution in [3.05, 3.63) is 0 Å². The molecule has 0 aromatic rings. The standard InChI is InChI=1S/C14H32O2Si/c1-6-7-13-17(4,5)16-12-10-8-9-11-14(2)15-3/h14H,6-13H2,1-5H3. The summed E-state index contributed by atoms with van der Waals surface area (Å²) in [5.41, 5.74) is 0. The van der Waals surface area contributed by atoms with E-state index in [1.54, 1.807) is 7.11 Å². The van der Waals surface area contributed by atoms with Crippen molar-refractivity contribution in [1.82, 2.24) is 0 Å². The van der Waals surface area contributed by atoms with Gasteiger partial charge in [0.25, 0.3) is 0 Å². The summed E-state index contributed by atoms with van der Waals surface area (Å²) in [7, 11) is 0.449. The summed E-state index contributed by atoms with van der Waals surface area (Å²) in [6, 6.07) is 1.31. The van der Waals surface area contributed by atoms with Crippen molar-refractivity contribution in [2.45, 2.75) is 77.6 Å². The number of hydrogen-bond acceptors (Lipinski definition) is 2. The van der Waals surface area contributed by atoms with Crippen LogP contribution in [0, 0.1) is 0 Å². The summed E-state index contributed by atoms with van der Waals surface area (Å²) in [5.74, 6) is 0. The van der Waals surface area contributed by atoms with Crippen LogP contribution in [0.5, 0.6) is 0 Å². The highest BCUT2D eigenvalue weighted by Crippen LogP contribution is 2.16. The van der Waals surface area contributed by atoms with Crippen molar-refractivity contribution in [2.75, 3.05) is 13.7 Å². The molecule has 0 bridgehead atoms. The van der Waals surface area contributed by atoms with E-state index in [1.165, 1.54) is 44.6 Å². The molecule has 0 aromatic heterocycles. The molecule has 0 N–H and O–H groups in total. The number of ether oxygens (including phenoxy) is 1. The Hall–Kier alpha value is 0.137. The highest BCUT2D eigenvalue weighted by molar-refractivity contribution is 6.71. The molecule has 0 amide bonds. The Labute approximate surface area is 109 Å². The molecule has 3 heteroatoms. The molecule has 0 radical (unpaired) electrons. The monoisotopic (exact) mass is 260 g/mol. The molecule has 0 aliphatic rings. The first kappa shape index (κ1) is 17.1. The van der Waals surface area contributed by atoms with Crippen molar-refractivity contribution in [3.8, 4) is 0 Å². The van der Waals surface area contributed by atoms with E-state index in [2.05, 4.69) is 26.9 Å². The topological polar surface area (TPSA) is 18.5 Å². The molecule has 1 unspecified atom stereocenters. The lowest BCUT2D eigenvalue weighted by Crippen LogP contribution is -2.30. The van der Waals surface area contributed by atoms with Crippen LogP contribution in [0.15, 0.2) is 0 Å². The van der Waals surface area contributed by atoms with Gasteiger partial charge in [-0.05, 0) is 38.9 Å². The lowest BCUT2D eigenvalue weighted by molar-refractivity contribution is 0.108. The molecule has 0 heterocycles. The first-order chi connectivity index (χ1) is 8.02. The molecule has 0 saturated carbocycles. The molecule has 0 spiro atoms. The summed E-state index contributed by atoms with van der Waals surface area (Å²) in [6.07, 6.45) is 7.93. The third kappa shape index (κ3) is 11.0. The van der Waals surface area contributed by atoms with Gasteiger partial charge < -0.3 is 9.16 Å². The van der Waals surface area contributed by atoms with Gasteiger partial charge in [0, 0.05) is 13.7 Å². The van der Waals surface area contributed by atoms with Gasteiger partial charge in [-0.2, -0.15) is 0 Å². The number of hydrogen-bond donors (Lipinski definition) is 0. The fourth-order valence-corrected chi connectivity index (χ4v) is 3.90. The van der Waals surface area contributed by atoms with Crippen LogP contribution >= 0.6 is 0 Å². The zero-order valence-corrected chi connectivity index (χ0v) is 13.6. The number of unbranched alkanes of at least 4 members (excludes halogenated alkanes) is 3. The number of rotatable bonds is 11. The highest BCUT2D eigenvalue weighted by atomic mass is 28.4. The van der Waals surface area contributed by atoms with Gasteiger partial charge in [-0.1, -0.05) is 32.6 Å². The van der Waals surface area contributed by atoms with Gasteiger partial charge in [0.2, 0.25) is 0 Å². The molecule has 104 valence electrons. The maximum Gasteiger partial charge on any atom is 0.186 e. The van der Waals surface area contributed by atoms with Gasteiger partial charge in [0.1, 0.15) is 0 Å². The van der Waals surface area contributed by atoms with Gasteiger partial charge in [0.05, 0.1) is 6.10 Å². The minimum Gasteiger partial charge on any atom is -0.417 e. The van der Waals surface area contributed by atoms with Crippen LogP contribution in [0.4, 0.5) is 0 Å². The van der Waals surface area contributed by atoms with Crippen LogP contribution in [-0.4, -0.2) is 28.1 Å². The second-order valence-corrected chi connectivity index (χ2v) is 9.92. The first-order valence-corrected chi connectivity index (χ1v) is 10.3. The summed E-state index contributed by atoms with van der Waals surface area (Å²) >= 11 is 0. The average Bonchev–Trinajstić information content (AvgIpc) is 2.30. The molecule has 0 aliphatic carbocycles. The van der Waals surface area contributed by atoms with Crippen molar-refractivity contribution >= 4 is 8.32 Å². The Morgan fingerprint density at radius 1 is 1.06 bits per heavy atom. The minimum atomic E-state index is -1.34. The summed E-state index contributed by atoms with van der Waals surface area (Å²) in [4.78, 5) is 0. The molecule has 0 aliphatic heterocycles. The molecule has 0 saturated heterocycles. The first-order valence-electron chi connectivity index (χ1n) is 7.18. The lowest BCUT2D eigenvalue weighted by atomic mass is 10.1. The molecule has 0 rings (SSSR count). The third-order valence-corrected chi connectivity index (χ3v) is 5.83. The molecular formula is C14H32O2Si. The maximum absolute atomic E-state index is 6.07. The van der Waals surface area contributed by atoms with Crippen LogP contribution in [0.3, 0.4) is 0 Å². The van der Waals surface area contributed by atoms with Gasteiger partial charge in [-0.3, -0.25) is 0 Å². The van der Waals surface area contributed by atoms with E-state index in [-0.39, 0.29) is 0 Å². The molecule has 17 heavy (non-hydrogen) atoms. The number of methoxy groups -OCH3 is 1. The SMILES string of the molecule is CCCC[Si](C)(C)OCCCCCC(C)OC. The molecule has 2 nitrogen and oxygen atoms in total. The molecular weight excluding hydrogens is 228 g/mol. The summed E-state index contributed by atoms with van der Waals surface area (Å²) in [6.45, 7) is 10.0. The summed E-state index contributed by atoms with van der Waals surface area (Å²) < 4.78 is 11.3. The highest BCUT2D eigenvalue weighted by Gasteiger charge is 2.20. The Kier molecular flexibility index (Phi) is 10.2. The van der Waals surface area contributed by atoms with Gasteiger partial charge in [-0.15, -0.1) is 0 Å². The molecule has 1 atom stereocenters. The van der Waals surface area contributed by atoms with E-state index in [4.69, 9.17) is 9.16 Å². The largest absolute Gasteiger partial charge is 0.417 e. The predicted molar refractivity (Wildman–Crippen MR) is 78.1 cm³/mol. The van der Waals surface area contributed by atoms with Crippen molar-refractivity contribution in [2.24, 2.45) is 0 Å². The van der Waals surface area contributed by atoms with E-state index in [1.807, 2.05) is 0 Å². The van der Waals surface area contributed by atoms with Crippen LogP contribution in [-0.2, 0) is 9.16 Å². The van der Waals surface area contributed by atoms with Gasteiger partial charge >= 0.3 is 0 Å². The smallest absolute Gasteiger partial charge is 0.186 e. The Morgan fingerprint density at radius 2 is 1.76 bits per heavy atom. The third-order valence-electron chi connectivity index (χ3n) is 3.28. The Balaban J connectivity index is 3.38. The van der Waals surface area contributed by atoms with E-state index in [9.17, 15) is 0 Å². The van der Waals surface area contributed by atoms with Crippen LogP contribution in [0.1, 0.15) is 52.4 Å². The zero-order valence-electron chi connectivity index (χ0n) is 12.6. The quantitative estimate of drug-likeness (QED) is 0.399. The van der Waals surface area contributed by atoms with Crippen LogP contribution in [0.2, 0.25) is 19.1 Å². The van der Waals surface area contributed by atoms with E-state index in [0.717, 1.165) is 6.61 Å². The Bertz CT molecular complexity index is 172. The van der Waals surface area contributed by atoms with E-state index >= 15 is 0 Å². The maximum atomic E-state index is 6.07. The predicted octanol–water partition coefficient (Wildman–Crippen LogP) is 4.60. The molecule has 0 aromatic carbocycles. The fraction of sp³-hybridized carbons (Fsp3) is 1.00. The second-order valence-electron chi connectivity index (χ2n) is 5.61. The zero-order chi connectivity index (χ0) is 13.1. The van der Waals surface area contributed by atoms with Crippen molar-refractivity contribution in [1.29, 1.82) is 0 Å². The lowest BCUT2D eigenvalue weighted by Gasteiger charge is -2.22. The fourth-order valence-electron chi connectivity index (χ4n) is 1.85. The Morgan fingerprint density at radius 3 is 2.35 bits per heavy atom. The minimum absolute atomic E-state index is 0.409. The molecule has 0 fully saturated rings. The van der Waals surface area contributed by atoms with Crippen molar-refractivity contribution < 1.29 is 9.16 Å². The second kappa shape index (κ2) is 10.1. The normalized spacial score (nSPS) is 13.9. The van der Waals surface area contributed by atoms with Crippen LogP contribution in [0.25, 0.3) is 0 Å². The average molecular weight is 260 g/mol. The summed E-state index contributed by atoms with van der Waals surface area (Å²) in [5, 5.41) is 0. The van der Waals surface area contributed by atoms with Crippen molar-refractivity contribution in [3.63, 3.8) is 0 Å². The van der Waals surface area contributed by atoms with Crippen LogP contribution < -0.4 is 0 Å². The van der Waals surface area contributed by atoms with Gasteiger partial charge in [0.15, 0.2) is 8.32 Å². The van der Waals surface area contributed by atoms with E-state index < -0.39 is 8.32 Å². The van der Waals surface area contributed by atoms with E-state index in [0.29, 0.717) is 6.10 Å².